The van der Waals surface area contributed by atoms with Gasteiger partial charge in [-0.25, -0.2) is 0 Å². The summed E-state index contributed by atoms with van der Waals surface area (Å²) >= 11 is 5.79. The fourth-order valence-corrected chi connectivity index (χ4v) is 2.44. The highest BCUT2D eigenvalue weighted by molar-refractivity contribution is 6.30. The average Bonchev–Trinajstić information content (AvgIpc) is 2.55. The van der Waals surface area contributed by atoms with Crippen molar-refractivity contribution in [1.82, 2.24) is 15.5 Å². The summed E-state index contributed by atoms with van der Waals surface area (Å²) in [6, 6.07) is 6.61. The first-order chi connectivity index (χ1) is 12.1. The van der Waals surface area contributed by atoms with Gasteiger partial charge in [-0.3, -0.25) is 14.4 Å². The minimum atomic E-state index is -0.328. The van der Waals surface area contributed by atoms with Gasteiger partial charge in [0.2, 0.25) is 11.8 Å². The zero-order valence-electron chi connectivity index (χ0n) is 15.9. The van der Waals surface area contributed by atoms with E-state index in [0.717, 1.165) is 0 Å². The van der Waals surface area contributed by atoms with Crippen molar-refractivity contribution in [3.05, 3.63) is 34.9 Å². The monoisotopic (exact) mass is 381 g/mol. The molecule has 6 nitrogen and oxygen atoms in total. The minimum Gasteiger partial charge on any atom is -0.352 e. The third-order valence-electron chi connectivity index (χ3n) is 3.54. The average molecular weight is 382 g/mol. The fraction of sp³-hybridized carbons (Fsp3) is 0.526. The van der Waals surface area contributed by atoms with Crippen molar-refractivity contribution in [1.29, 1.82) is 0 Å². The van der Waals surface area contributed by atoms with E-state index in [1.807, 2.05) is 27.7 Å². The van der Waals surface area contributed by atoms with Crippen LogP contribution in [0.3, 0.4) is 0 Å². The number of nitrogens with zero attached hydrogens (tertiary/aromatic N) is 1. The zero-order valence-corrected chi connectivity index (χ0v) is 16.7. The Balaban J connectivity index is 2.36. The van der Waals surface area contributed by atoms with E-state index < -0.39 is 0 Å². The molecule has 26 heavy (non-hydrogen) atoms. The summed E-state index contributed by atoms with van der Waals surface area (Å²) in [5, 5.41) is 6.19. The molecule has 0 atom stereocenters. The number of carbonyl (C=O) groups is 3. The normalized spacial score (nSPS) is 11.0. The van der Waals surface area contributed by atoms with E-state index in [4.69, 9.17) is 11.6 Å². The van der Waals surface area contributed by atoms with Crippen LogP contribution < -0.4 is 10.6 Å². The SMILES string of the molecule is CCN(CC(=O)NC(C)(C)C)C(=O)CCCNC(=O)c1ccc(Cl)cc1. The summed E-state index contributed by atoms with van der Waals surface area (Å²) in [5.74, 6) is -0.480. The molecule has 0 bridgehead atoms. The number of amides is 3. The lowest BCUT2D eigenvalue weighted by Crippen LogP contribution is -2.47. The summed E-state index contributed by atoms with van der Waals surface area (Å²) < 4.78 is 0. The van der Waals surface area contributed by atoms with Crippen molar-refractivity contribution in [2.75, 3.05) is 19.6 Å². The van der Waals surface area contributed by atoms with E-state index in [-0.39, 0.29) is 36.2 Å². The van der Waals surface area contributed by atoms with E-state index in [1.54, 1.807) is 24.3 Å². The molecular weight excluding hydrogens is 354 g/mol. The van der Waals surface area contributed by atoms with Crippen molar-refractivity contribution in [2.45, 2.75) is 46.1 Å². The van der Waals surface area contributed by atoms with Gasteiger partial charge in [0.15, 0.2) is 0 Å². The minimum absolute atomic E-state index is 0.0454. The molecular formula is C19H28ClN3O3. The van der Waals surface area contributed by atoms with Crippen LogP contribution in [0.5, 0.6) is 0 Å². The molecule has 0 aromatic heterocycles. The molecule has 0 unspecified atom stereocenters. The molecule has 0 aliphatic rings. The van der Waals surface area contributed by atoms with Gasteiger partial charge in [-0.05, 0) is 58.4 Å². The highest BCUT2D eigenvalue weighted by Crippen LogP contribution is 2.09. The second kappa shape index (κ2) is 10.2. The molecule has 7 heteroatoms. The van der Waals surface area contributed by atoms with Crippen LogP contribution in [-0.4, -0.2) is 47.8 Å². The third-order valence-corrected chi connectivity index (χ3v) is 3.79. The molecule has 0 heterocycles. The van der Waals surface area contributed by atoms with Crippen molar-refractivity contribution < 1.29 is 14.4 Å². The van der Waals surface area contributed by atoms with Crippen LogP contribution >= 0.6 is 11.6 Å². The van der Waals surface area contributed by atoms with Gasteiger partial charge < -0.3 is 15.5 Å². The van der Waals surface area contributed by atoms with Crippen LogP contribution in [0.15, 0.2) is 24.3 Å². The van der Waals surface area contributed by atoms with Gasteiger partial charge in [-0.2, -0.15) is 0 Å². The second-order valence-corrected chi connectivity index (χ2v) is 7.51. The van der Waals surface area contributed by atoms with Crippen LogP contribution in [0.25, 0.3) is 0 Å². The predicted molar refractivity (Wildman–Crippen MR) is 103 cm³/mol. The highest BCUT2D eigenvalue weighted by Gasteiger charge is 2.19. The van der Waals surface area contributed by atoms with E-state index in [2.05, 4.69) is 10.6 Å². The number of rotatable bonds is 8. The lowest BCUT2D eigenvalue weighted by atomic mass is 10.1. The Kier molecular flexibility index (Phi) is 8.58. The topological polar surface area (TPSA) is 78.5 Å². The van der Waals surface area contributed by atoms with E-state index in [9.17, 15) is 14.4 Å². The van der Waals surface area contributed by atoms with E-state index in [1.165, 1.54) is 4.90 Å². The van der Waals surface area contributed by atoms with Gasteiger partial charge in [-0.15, -0.1) is 0 Å². The number of likely N-dealkylation sites (N-methyl/N-ethyl adjacent to an activating group) is 1. The number of benzene rings is 1. The molecule has 0 radical (unpaired) electrons. The van der Waals surface area contributed by atoms with Gasteiger partial charge in [0.25, 0.3) is 5.91 Å². The highest BCUT2D eigenvalue weighted by atomic mass is 35.5. The standard InChI is InChI=1S/C19H28ClN3O3/c1-5-23(13-16(24)22-19(2,3)4)17(25)7-6-12-21-18(26)14-8-10-15(20)11-9-14/h8-11H,5-7,12-13H2,1-4H3,(H,21,26)(H,22,24). The van der Waals surface area contributed by atoms with Crippen LogP contribution in [-0.2, 0) is 9.59 Å². The van der Waals surface area contributed by atoms with Crippen LogP contribution in [0.1, 0.15) is 50.9 Å². The zero-order chi connectivity index (χ0) is 19.7. The maximum atomic E-state index is 12.2. The smallest absolute Gasteiger partial charge is 0.251 e. The molecule has 0 aliphatic carbocycles. The first-order valence-electron chi connectivity index (χ1n) is 8.75. The van der Waals surface area contributed by atoms with Crippen LogP contribution in [0.4, 0.5) is 0 Å². The van der Waals surface area contributed by atoms with Crippen molar-refractivity contribution in [3.63, 3.8) is 0 Å². The largest absolute Gasteiger partial charge is 0.352 e. The van der Waals surface area contributed by atoms with Crippen molar-refractivity contribution in [3.8, 4) is 0 Å². The predicted octanol–water partition coefficient (Wildman–Crippen LogP) is 2.61. The molecule has 1 aromatic rings. The summed E-state index contributed by atoms with van der Waals surface area (Å²) in [6.07, 6.45) is 0.785. The third kappa shape index (κ3) is 8.34. The van der Waals surface area contributed by atoms with Gasteiger partial charge in [0, 0.05) is 35.6 Å². The van der Waals surface area contributed by atoms with Crippen molar-refractivity contribution >= 4 is 29.3 Å². The molecule has 1 aromatic carbocycles. The second-order valence-electron chi connectivity index (χ2n) is 7.07. The summed E-state index contributed by atoms with van der Waals surface area (Å²) in [6.45, 7) is 8.42. The van der Waals surface area contributed by atoms with Gasteiger partial charge in [0.05, 0.1) is 6.54 Å². The summed E-state index contributed by atoms with van der Waals surface area (Å²) in [5.41, 5.74) is 0.195. The first-order valence-corrected chi connectivity index (χ1v) is 9.12. The Morgan fingerprint density at radius 1 is 1.12 bits per heavy atom. The molecule has 1 rings (SSSR count). The maximum Gasteiger partial charge on any atom is 0.251 e. The van der Waals surface area contributed by atoms with Gasteiger partial charge >= 0.3 is 0 Å². The summed E-state index contributed by atoms with van der Waals surface area (Å²) in [7, 11) is 0. The Labute approximate surface area is 160 Å². The van der Waals surface area contributed by atoms with Gasteiger partial charge in [0.1, 0.15) is 0 Å². The Bertz CT molecular complexity index is 624. The lowest BCUT2D eigenvalue weighted by Gasteiger charge is -2.25. The lowest BCUT2D eigenvalue weighted by molar-refractivity contribution is -0.136. The number of hydrogen-bond donors (Lipinski definition) is 2. The molecule has 0 spiro atoms. The van der Waals surface area contributed by atoms with E-state index >= 15 is 0 Å². The number of nitrogens with one attached hydrogen (secondary N) is 2. The summed E-state index contributed by atoms with van der Waals surface area (Å²) in [4.78, 5) is 37.7. The molecule has 0 saturated carbocycles. The fourth-order valence-electron chi connectivity index (χ4n) is 2.31. The number of halogens is 1. The number of hydrogen-bond acceptors (Lipinski definition) is 3. The van der Waals surface area contributed by atoms with Gasteiger partial charge in [-0.1, -0.05) is 11.6 Å². The quantitative estimate of drug-likeness (QED) is 0.679. The Morgan fingerprint density at radius 3 is 2.27 bits per heavy atom. The Morgan fingerprint density at radius 2 is 1.73 bits per heavy atom. The maximum absolute atomic E-state index is 12.2. The first kappa shape index (κ1) is 22.0. The molecule has 0 aliphatic heterocycles. The molecule has 0 saturated heterocycles. The molecule has 144 valence electrons. The van der Waals surface area contributed by atoms with Crippen LogP contribution in [0.2, 0.25) is 5.02 Å². The number of carbonyl (C=O) groups excluding carboxylic acids is 3. The van der Waals surface area contributed by atoms with Crippen molar-refractivity contribution in [2.24, 2.45) is 0 Å². The van der Waals surface area contributed by atoms with Crippen LogP contribution in [0, 0.1) is 0 Å². The molecule has 0 fully saturated rings. The molecule has 3 amide bonds. The Hall–Kier alpha value is -2.08. The molecule has 2 N–H and O–H groups in total. The van der Waals surface area contributed by atoms with E-state index in [0.29, 0.717) is 30.1 Å².